The van der Waals surface area contributed by atoms with Gasteiger partial charge >= 0.3 is 6.03 Å². The van der Waals surface area contributed by atoms with Crippen LogP contribution in [0.3, 0.4) is 0 Å². The summed E-state index contributed by atoms with van der Waals surface area (Å²) in [7, 11) is 0. The van der Waals surface area contributed by atoms with Crippen LogP contribution in [0.1, 0.15) is 11.4 Å². The lowest BCUT2D eigenvalue weighted by Gasteiger charge is -2.09. The highest BCUT2D eigenvalue weighted by molar-refractivity contribution is 5.89. The second-order valence-corrected chi connectivity index (χ2v) is 3.92. The lowest BCUT2D eigenvalue weighted by atomic mass is 10.4. The number of hydrogen-bond donors (Lipinski definition) is 3. The number of aromatic nitrogens is 3. The molecule has 0 atom stereocenters. The van der Waals surface area contributed by atoms with Crippen LogP contribution in [0.2, 0.25) is 0 Å². The van der Waals surface area contributed by atoms with Gasteiger partial charge in [0, 0.05) is 17.6 Å². The minimum absolute atomic E-state index is 0.346. The van der Waals surface area contributed by atoms with Crippen LogP contribution >= 0.6 is 0 Å². The van der Waals surface area contributed by atoms with Crippen molar-refractivity contribution in [3.8, 4) is 0 Å². The first-order valence-corrected chi connectivity index (χ1v) is 5.69. The Morgan fingerprint density at radius 2 is 1.95 bits per heavy atom. The number of hydrogen-bond acceptors (Lipinski definition) is 5. The van der Waals surface area contributed by atoms with Gasteiger partial charge in [0.05, 0.1) is 11.9 Å². The standard InChI is InChI=1S/C12H14N6O/c1-8-6-9(2)15-11(14-8)17-18-12(19)16-10-4-3-5-13-7-10/h3-7H,1-2H3,(H,14,15,17)(H2,16,18,19). The number of carbonyl (C=O) groups is 1. The molecule has 0 aliphatic heterocycles. The Morgan fingerprint density at radius 1 is 1.21 bits per heavy atom. The van der Waals surface area contributed by atoms with E-state index in [2.05, 4.69) is 31.1 Å². The molecule has 98 valence electrons. The Kier molecular flexibility index (Phi) is 3.87. The summed E-state index contributed by atoms with van der Waals surface area (Å²) in [5.41, 5.74) is 7.34. The Bertz CT molecular complexity index is 551. The maximum absolute atomic E-state index is 11.6. The van der Waals surface area contributed by atoms with Crippen molar-refractivity contribution in [1.82, 2.24) is 20.4 Å². The number of anilines is 2. The van der Waals surface area contributed by atoms with Crippen molar-refractivity contribution in [2.75, 3.05) is 10.7 Å². The summed E-state index contributed by atoms with van der Waals surface area (Å²) in [6.45, 7) is 3.71. The smallest absolute Gasteiger partial charge is 0.305 e. The van der Waals surface area contributed by atoms with Crippen LogP contribution in [0.15, 0.2) is 30.6 Å². The molecule has 2 rings (SSSR count). The van der Waals surface area contributed by atoms with Gasteiger partial charge in [-0.1, -0.05) is 0 Å². The molecule has 0 unspecified atom stereocenters. The van der Waals surface area contributed by atoms with Crippen molar-refractivity contribution >= 4 is 17.7 Å². The Labute approximate surface area is 110 Å². The first-order chi connectivity index (χ1) is 9.13. The van der Waals surface area contributed by atoms with Crippen LogP contribution in [0, 0.1) is 13.8 Å². The highest BCUT2D eigenvalue weighted by atomic mass is 16.2. The third kappa shape index (κ3) is 3.91. The molecule has 0 fully saturated rings. The number of hydrazine groups is 1. The van der Waals surface area contributed by atoms with E-state index in [1.54, 1.807) is 24.5 Å². The maximum atomic E-state index is 11.6. The normalized spacial score (nSPS) is 9.79. The third-order valence-corrected chi connectivity index (χ3v) is 2.19. The van der Waals surface area contributed by atoms with E-state index in [-0.39, 0.29) is 0 Å². The largest absolute Gasteiger partial charge is 0.337 e. The summed E-state index contributed by atoms with van der Waals surface area (Å²) < 4.78 is 0. The predicted octanol–water partition coefficient (Wildman–Crippen LogP) is 1.64. The molecule has 0 radical (unpaired) electrons. The molecule has 2 amide bonds. The molecule has 2 aromatic rings. The number of pyridine rings is 1. The molecule has 0 bridgehead atoms. The highest BCUT2D eigenvalue weighted by Gasteiger charge is 2.03. The highest BCUT2D eigenvalue weighted by Crippen LogP contribution is 2.03. The van der Waals surface area contributed by atoms with Crippen molar-refractivity contribution in [1.29, 1.82) is 0 Å². The topological polar surface area (TPSA) is 91.8 Å². The zero-order chi connectivity index (χ0) is 13.7. The van der Waals surface area contributed by atoms with E-state index >= 15 is 0 Å². The SMILES string of the molecule is Cc1cc(C)nc(NNC(=O)Nc2cccnc2)n1. The fourth-order valence-corrected chi connectivity index (χ4v) is 1.49. The summed E-state index contributed by atoms with van der Waals surface area (Å²) in [4.78, 5) is 23.8. The van der Waals surface area contributed by atoms with E-state index in [1.807, 2.05) is 19.9 Å². The molecule has 7 nitrogen and oxygen atoms in total. The molecule has 2 aromatic heterocycles. The van der Waals surface area contributed by atoms with Gasteiger partial charge in [-0.3, -0.25) is 10.4 Å². The molecule has 0 aliphatic rings. The van der Waals surface area contributed by atoms with Crippen molar-refractivity contribution in [3.05, 3.63) is 42.0 Å². The summed E-state index contributed by atoms with van der Waals surface area (Å²) >= 11 is 0. The summed E-state index contributed by atoms with van der Waals surface area (Å²) in [6.07, 6.45) is 3.18. The molecule has 19 heavy (non-hydrogen) atoms. The van der Waals surface area contributed by atoms with Gasteiger partial charge in [-0.05, 0) is 32.0 Å². The molecule has 0 spiro atoms. The van der Waals surface area contributed by atoms with Crippen LogP contribution in [0.4, 0.5) is 16.4 Å². The Hall–Kier alpha value is -2.70. The second kappa shape index (κ2) is 5.76. The fraction of sp³-hybridized carbons (Fsp3) is 0.167. The third-order valence-electron chi connectivity index (χ3n) is 2.19. The number of rotatable bonds is 3. The van der Waals surface area contributed by atoms with E-state index in [0.29, 0.717) is 11.6 Å². The van der Waals surface area contributed by atoms with Crippen LogP contribution in [-0.2, 0) is 0 Å². The van der Waals surface area contributed by atoms with Gasteiger partial charge in [0.1, 0.15) is 0 Å². The van der Waals surface area contributed by atoms with Crippen molar-refractivity contribution in [3.63, 3.8) is 0 Å². The molecule has 0 saturated carbocycles. The molecule has 3 N–H and O–H groups in total. The van der Waals surface area contributed by atoms with Crippen LogP contribution in [0.25, 0.3) is 0 Å². The quantitative estimate of drug-likeness (QED) is 0.728. The molecule has 0 aliphatic carbocycles. The number of amides is 2. The average molecular weight is 258 g/mol. The van der Waals surface area contributed by atoms with Gasteiger partial charge < -0.3 is 5.32 Å². The van der Waals surface area contributed by atoms with Crippen molar-refractivity contribution in [2.24, 2.45) is 0 Å². The number of urea groups is 1. The molecular weight excluding hydrogens is 244 g/mol. The molecule has 0 saturated heterocycles. The van der Waals surface area contributed by atoms with Gasteiger partial charge in [0.2, 0.25) is 5.95 Å². The summed E-state index contributed by atoms with van der Waals surface area (Å²) in [5.74, 6) is 0.346. The number of nitrogens with zero attached hydrogens (tertiary/aromatic N) is 3. The summed E-state index contributed by atoms with van der Waals surface area (Å²) in [6, 6.07) is 4.90. The van der Waals surface area contributed by atoms with Crippen LogP contribution in [0.5, 0.6) is 0 Å². The zero-order valence-corrected chi connectivity index (χ0v) is 10.6. The number of aryl methyl sites for hydroxylation is 2. The zero-order valence-electron chi connectivity index (χ0n) is 10.6. The summed E-state index contributed by atoms with van der Waals surface area (Å²) in [5, 5.41) is 2.61. The first kappa shape index (κ1) is 12.7. The molecule has 7 heteroatoms. The molecule has 2 heterocycles. The van der Waals surface area contributed by atoms with E-state index in [4.69, 9.17) is 0 Å². The van der Waals surface area contributed by atoms with Crippen LogP contribution < -0.4 is 16.2 Å². The van der Waals surface area contributed by atoms with E-state index < -0.39 is 6.03 Å². The van der Waals surface area contributed by atoms with Gasteiger partial charge in [0.15, 0.2) is 0 Å². The Morgan fingerprint density at radius 3 is 2.58 bits per heavy atom. The fourth-order valence-electron chi connectivity index (χ4n) is 1.49. The minimum atomic E-state index is -0.421. The van der Waals surface area contributed by atoms with E-state index in [9.17, 15) is 4.79 Å². The monoisotopic (exact) mass is 258 g/mol. The Balaban J connectivity index is 1.90. The van der Waals surface area contributed by atoms with Crippen molar-refractivity contribution in [2.45, 2.75) is 13.8 Å². The van der Waals surface area contributed by atoms with Gasteiger partial charge in [-0.2, -0.15) is 0 Å². The molecule has 0 aromatic carbocycles. The second-order valence-electron chi connectivity index (χ2n) is 3.92. The van der Waals surface area contributed by atoms with Gasteiger partial charge in [0.25, 0.3) is 0 Å². The first-order valence-electron chi connectivity index (χ1n) is 5.69. The molecular formula is C12H14N6O. The number of nitrogens with one attached hydrogen (secondary N) is 3. The predicted molar refractivity (Wildman–Crippen MR) is 71.5 cm³/mol. The van der Waals surface area contributed by atoms with Gasteiger partial charge in [-0.25, -0.2) is 20.2 Å². The van der Waals surface area contributed by atoms with Crippen LogP contribution in [-0.4, -0.2) is 21.0 Å². The van der Waals surface area contributed by atoms with E-state index in [0.717, 1.165) is 11.4 Å². The lowest BCUT2D eigenvalue weighted by molar-refractivity contribution is 0.253. The van der Waals surface area contributed by atoms with Crippen molar-refractivity contribution < 1.29 is 4.79 Å². The van der Waals surface area contributed by atoms with Gasteiger partial charge in [-0.15, -0.1) is 0 Å². The lowest BCUT2D eigenvalue weighted by Crippen LogP contribution is -2.34. The minimum Gasteiger partial charge on any atom is -0.305 e. The van der Waals surface area contributed by atoms with E-state index in [1.165, 1.54) is 0 Å². The average Bonchev–Trinajstić information content (AvgIpc) is 2.36. The number of carbonyl (C=O) groups excluding carboxylic acids is 1. The maximum Gasteiger partial charge on any atom is 0.337 e.